The highest BCUT2D eigenvalue weighted by Crippen LogP contribution is 2.43. The fourth-order valence-electron chi connectivity index (χ4n) is 4.12. The van der Waals surface area contributed by atoms with E-state index in [1.807, 2.05) is 6.07 Å². The van der Waals surface area contributed by atoms with Crippen molar-refractivity contribution in [3.8, 4) is 5.75 Å². The molecule has 0 radical (unpaired) electrons. The van der Waals surface area contributed by atoms with Crippen LogP contribution >= 0.6 is 0 Å². The Balaban J connectivity index is 1.59. The van der Waals surface area contributed by atoms with Crippen LogP contribution in [0.3, 0.4) is 0 Å². The summed E-state index contributed by atoms with van der Waals surface area (Å²) < 4.78 is 5.20. The molecular formula is C26H42O3. The molecular weight excluding hydrogens is 360 g/mol. The first-order chi connectivity index (χ1) is 13.8. The number of carbonyl (C=O) groups excluding carboxylic acids is 1. The van der Waals surface area contributed by atoms with Crippen molar-refractivity contribution in [3.63, 3.8) is 0 Å². The lowest BCUT2D eigenvalue weighted by molar-refractivity contribution is -0.135. The molecule has 3 heteroatoms. The van der Waals surface area contributed by atoms with Gasteiger partial charge in [0.25, 0.3) is 6.47 Å². The molecule has 0 aromatic heterocycles. The van der Waals surface area contributed by atoms with Crippen LogP contribution in [0.2, 0.25) is 0 Å². The van der Waals surface area contributed by atoms with Gasteiger partial charge in [-0.05, 0) is 80.4 Å². The Morgan fingerprint density at radius 2 is 1.62 bits per heavy atom. The van der Waals surface area contributed by atoms with Crippen molar-refractivity contribution >= 4 is 6.47 Å². The third-order valence-electron chi connectivity index (χ3n) is 6.22. The number of hydrogen-bond acceptors (Lipinski definition) is 3. The third kappa shape index (κ3) is 9.69. The second-order valence-corrected chi connectivity index (χ2v) is 10.2. The molecule has 0 bridgehead atoms. The molecule has 1 fully saturated rings. The SMILES string of the molecule is CC(C)(C)CCCCCCc1cc(CCCCCCC2(OC=O)CC2)ccc1O. The van der Waals surface area contributed by atoms with Gasteiger partial charge in [0.15, 0.2) is 0 Å². The highest BCUT2D eigenvalue weighted by molar-refractivity contribution is 5.39. The molecule has 1 aromatic rings. The van der Waals surface area contributed by atoms with E-state index in [9.17, 15) is 9.90 Å². The van der Waals surface area contributed by atoms with Crippen LogP contribution in [0.25, 0.3) is 0 Å². The summed E-state index contributed by atoms with van der Waals surface area (Å²) >= 11 is 0. The first-order valence-electron chi connectivity index (χ1n) is 11.8. The van der Waals surface area contributed by atoms with E-state index in [0.717, 1.165) is 50.5 Å². The van der Waals surface area contributed by atoms with Gasteiger partial charge in [0.05, 0.1) is 0 Å². The van der Waals surface area contributed by atoms with E-state index >= 15 is 0 Å². The zero-order valence-corrected chi connectivity index (χ0v) is 19.0. The van der Waals surface area contributed by atoms with Crippen molar-refractivity contribution in [2.75, 3.05) is 0 Å². The van der Waals surface area contributed by atoms with Crippen LogP contribution in [-0.2, 0) is 22.4 Å². The van der Waals surface area contributed by atoms with Gasteiger partial charge in [0, 0.05) is 0 Å². The number of aromatic hydroxyl groups is 1. The van der Waals surface area contributed by atoms with Gasteiger partial charge in [-0.3, -0.25) is 4.79 Å². The van der Waals surface area contributed by atoms with Crippen LogP contribution in [0.1, 0.15) is 109 Å². The Kier molecular flexibility index (Phi) is 9.52. The van der Waals surface area contributed by atoms with Gasteiger partial charge in [-0.15, -0.1) is 0 Å². The summed E-state index contributed by atoms with van der Waals surface area (Å²) in [5.74, 6) is 0.452. The molecule has 0 atom stereocenters. The number of aryl methyl sites for hydroxylation is 2. The number of benzene rings is 1. The standard InChI is InChI=1S/C26H42O3/c1-25(2,3)16-10-6-5-9-13-23-20-22(14-15-24(23)28)12-8-4-7-11-17-26(18-19-26)29-21-27/h14-15,20-21,28H,4-13,16-19H2,1-3H3. The van der Waals surface area contributed by atoms with E-state index in [-0.39, 0.29) is 5.60 Å². The van der Waals surface area contributed by atoms with Gasteiger partial charge in [-0.2, -0.15) is 0 Å². The third-order valence-corrected chi connectivity index (χ3v) is 6.22. The van der Waals surface area contributed by atoms with Crippen molar-refractivity contribution in [1.82, 2.24) is 0 Å². The minimum absolute atomic E-state index is 0.0969. The average molecular weight is 403 g/mol. The summed E-state index contributed by atoms with van der Waals surface area (Å²) in [5, 5.41) is 10.2. The minimum Gasteiger partial charge on any atom is -0.508 e. The molecule has 1 aliphatic rings. The fraction of sp³-hybridized carbons (Fsp3) is 0.731. The lowest BCUT2D eigenvalue weighted by Crippen LogP contribution is -2.12. The lowest BCUT2D eigenvalue weighted by atomic mass is 9.89. The zero-order valence-electron chi connectivity index (χ0n) is 19.0. The van der Waals surface area contributed by atoms with Gasteiger partial charge in [-0.25, -0.2) is 0 Å². The number of hydrogen-bond donors (Lipinski definition) is 1. The number of phenols is 1. The first-order valence-corrected chi connectivity index (χ1v) is 11.8. The van der Waals surface area contributed by atoms with Crippen LogP contribution in [0, 0.1) is 5.41 Å². The Morgan fingerprint density at radius 3 is 2.28 bits per heavy atom. The summed E-state index contributed by atoms with van der Waals surface area (Å²) in [6.07, 6.45) is 16.2. The van der Waals surface area contributed by atoms with Crippen molar-refractivity contribution < 1.29 is 14.6 Å². The Bertz CT molecular complexity index is 611. The van der Waals surface area contributed by atoms with E-state index in [0.29, 0.717) is 17.6 Å². The van der Waals surface area contributed by atoms with Crippen molar-refractivity contribution in [2.24, 2.45) is 5.41 Å². The summed E-state index contributed by atoms with van der Waals surface area (Å²) in [6, 6.07) is 6.15. The van der Waals surface area contributed by atoms with Crippen molar-refractivity contribution in [3.05, 3.63) is 29.3 Å². The quantitative estimate of drug-likeness (QED) is 0.251. The summed E-state index contributed by atoms with van der Waals surface area (Å²) in [6.45, 7) is 7.54. The van der Waals surface area contributed by atoms with Gasteiger partial charge < -0.3 is 9.84 Å². The minimum atomic E-state index is -0.0969. The van der Waals surface area contributed by atoms with Crippen LogP contribution in [0.15, 0.2) is 18.2 Å². The van der Waals surface area contributed by atoms with Gasteiger partial charge in [-0.1, -0.05) is 65.0 Å². The smallest absolute Gasteiger partial charge is 0.293 e. The Labute approximate surface area is 178 Å². The summed E-state index contributed by atoms with van der Waals surface area (Å²) in [4.78, 5) is 10.5. The van der Waals surface area contributed by atoms with E-state index in [2.05, 4.69) is 32.9 Å². The second kappa shape index (κ2) is 11.6. The van der Waals surface area contributed by atoms with Crippen LogP contribution < -0.4 is 0 Å². The normalized spacial score (nSPS) is 15.3. The maximum absolute atomic E-state index is 10.5. The highest BCUT2D eigenvalue weighted by atomic mass is 16.5. The van der Waals surface area contributed by atoms with Crippen molar-refractivity contribution in [2.45, 2.75) is 116 Å². The van der Waals surface area contributed by atoms with E-state index in [4.69, 9.17) is 4.74 Å². The summed E-state index contributed by atoms with van der Waals surface area (Å²) in [7, 11) is 0. The van der Waals surface area contributed by atoms with Gasteiger partial charge in [0.1, 0.15) is 11.4 Å². The number of rotatable bonds is 15. The van der Waals surface area contributed by atoms with Crippen LogP contribution in [0.4, 0.5) is 0 Å². The fourth-order valence-corrected chi connectivity index (χ4v) is 4.12. The highest BCUT2D eigenvalue weighted by Gasteiger charge is 2.44. The molecule has 2 rings (SSSR count). The first kappa shape index (κ1) is 23.8. The molecule has 0 aliphatic heterocycles. The van der Waals surface area contributed by atoms with Crippen LogP contribution in [0.5, 0.6) is 5.75 Å². The van der Waals surface area contributed by atoms with Crippen molar-refractivity contribution in [1.29, 1.82) is 0 Å². The second-order valence-electron chi connectivity index (χ2n) is 10.2. The van der Waals surface area contributed by atoms with Gasteiger partial charge in [0.2, 0.25) is 0 Å². The maximum atomic E-state index is 10.5. The topological polar surface area (TPSA) is 46.5 Å². The lowest BCUT2D eigenvalue weighted by Gasteiger charge is -2.17. The molecule has 0 unspecified atom stereocenters. The molecule has 0 spiro atoms. The molecule has 29 heavy (non-hydrogen) atoms. The molecule has 1 saturated carbocycles. The molecule has 0 heterocycles. The Hall–Kier alpha value is -1.51. The number of carbonyl (C=O) groups is 1. The Morgan fingerprint density at radius 1 is 0.966 bits per heavy atom. The predicted molar refractivity (Wildman–Crippen MR) is 120 cm³/mol. The monoisotopic (exact) mass is 402 g/mol. The molecule has 1 N–H and O–H groups in total. The number of ether oxygens (including phenoxy) is 1. The number of phenolic OH excluding ortho intramolecular Hbond substituents is 1. The van der Waals surface area contributed by atoms with E-state index < -0.39 is 0 Å². The maximum Gasteiger partial charge on any atom is 0.293 e. The molecule has 164 valence electrons. The average Bonchev–Trinajstić information content (AvgIpc) is 3.42. The number of unbranched alkanes of at least 4 members (excludes halogenated alkanes) is 6. The van der Waals surface area contributed by atoms with E-state index in [1.165, 1.54) is 50.5 Å². The van der Waals surface area contributed by atoms with Crippen LogP contribution in [-0.4, -0.2) is 17.2 Å². The molecule has 1 aromatic carbocycles. The largest absolute Gasteiger partial charge is 0.508 e. The zero-order chi connectivity index (χ0) is 21.2. The van der Waals surface area contributed by atoms with Gasteiger partial charge >= 0.3 is 0 Å². The predicted octanol–water partition coefficient (Wildman–Crippen LogP) is 7.13. The summed E-state index contributed by atoms with van der Waals surface area (Å²) in [5.41, 5.74) is 2.80. The molecule has 1 aliphatic carbocycles. The molecule has 0 amide bonds. The molecule has 0 saturated heterocycles. The van der Waals surface area contributed by atoms with E-state index in [1.54, 1.807) is 0 Å². The molecule has 3 nitrogen and oxygen atoms in total.